The molecule has 90 valence electrons. The third kappa shape index (κ3) is 1.04. The van der Waals surface area contributed by atoms with Crippen LogP contribution in [0.1, 0.15) is 29.9 Å². The fourth-order valence-electron chi connectivity index (χ4n) is 3.78. The number of benzene rings is 1. The lowest BCUT2D eigenvalue weighted by atomic mass is 9.84. The summed E-state index contributed by atoms with van der Waals surface area (Å²) in [4.78, 5) is 2.48. The summed E-state index contributed by atoms with van der Waals surface area (Å²) in [5.41, 5.74) is 3.40. The van der Waals surface area contributed by atoms with Crippen molar-refractivity contribution in [2.75, 3.05) is 18.0 Å². The van der Waals surface area contributed by atoms with E-state index in [0.29, 0.717) is 5.92 Å². The minimum absolute atomic E-state index is 0.697. The quantitative estimate of drug-likeness (QED) is 0.705. The van der Waals surface area contributed by atoms with Gasteiger partial charge >= 0.3 is 0 Å². The number of rotatable bonds is 0. The van der Waals surface area contributed by atoms with Crippen LogP contribution in [0.2, 0.25) is 0 Å². The summed E-state index contributed by atoms with van der Waals surface area (Å²) < 4.78 is 2.23. The van der Waals surface area contributed by atoms with Gasteiger partial charge in [-0.1, -0.05) is 12.1 Å². The molecule has 0 aliphatic carbocycles. The van der Waals surface area contributed by atoms with E-state index in [4.69, 9.17) is 0 Å². The molecule has 1 aromatic heterocycles. The topological polar surface area (TPSA) is 32.0 Å². The summed E-state index contributed by atoms with van der Waals surface area (Å²) in [6.07, 6.45) is 2.53. The van der Waals surface area contributed by atoms with Gasteiger partial charge < -0.3 is 9.47 Å². The Hall–Kier alpha value is -1.95. The Morgan fingerprint density at radius 3 is 2.78 bits per heavy atom. The molecule has 3 heteroatoms. The van der Waals surface area contributed by atoms with E-state index in [1.165, 1.54) is 42.7 Å². The Kier molecular flexibility index (Phi) is 1.83. The predicted molar refractivity (Wildman–Crippen MR) is 71.8 cm³/mol. The molecule has 3 aliphatic heterocycles. The average Bonchev–Trinajstić information content (AvgIpc) is 2.76. The van der Waals surface area contributed by atoms with Gasteiger partial charge in [0.05, 0.1) is 11.1 Å². The van der Waals surface area contributed by atoms with Gasteiger partial charge in [-0.15, -0.1) is 0 Å². The van der Waals surface area contributed by atoms with Crippen molar-refractivity contribution in [1.82, 2.24) is 4.57 Å². The lowest BCUT2D eigenvalue weighted by Crippen LogP contribution is -2.39. The zero-order valence-corrected chi connectivity index (χ0v) is 10.5. The summed E-state index contributed by atoms with van der Waals surface area (Å²) in [6, 6.07) is 8.44. The van der Waals surface area contributed by atoms with Crippen molar-refractivity contribution in [3.63, 3.8) is 0 Å². The number of para-hydroxylation sites is 1. The number of piperidine rings is 1. The Labute approximate surface area is 106 Å². The number of fused-ring (bicyclic) bond motifs is 3. The second-order valence-corrected chi connectivity index (χ2v) is 5.37. The van der Waals surface area contributed by atoms with Gasteiger partial charge in [0.15, 0.2) is 0 Å². The van der Waals surface area contributed by atoms with E-state index >= 15 is 0 Å². The molecule has 5 rings (SSSR count). The first kappa shape index (κ1) is 10.0. The van der Waals surface area contributed by atoms with Crippen molar-refractivity contribution in [2.24, 2.45) is 7.05 Å². The van der Waals surface area contributed by atoms with Crippen molar-refractivity contribution < 1.29 is 0 Å². The number of nitriles is 1. The predicted octanol–water partition coefficient (Wildman–Crippen LogP) is 2.75. The fraction of sp³-hybridized carbons (Fsp3) is 0.400. The number of hydrogen-bond acceptors (Lipinski definition) is 2. The highest BCUT2D eigenvalue weighted by atomic mass is 15.3. The van der Waals surface area contributed by atoms with E-state index in [1.54, 1.807) is 0 Å². The monoisotopic (exact) mass is 237 g/mol. The van der Waals surface area contributed by atoms with E-state index in [9.17, 15) is 5.26 Å². The molecule has 1 aromatic carbocycles. The third-order valence-corrected chi connectivity index (χ3v) is 4.54. The highest BCUT2D eigenvalue weighted by Crippen LogP contribution is 2.47. The first-order chi connectivity index (χ1) is 8.81. The smallest absolute Gasteiger partial charge is 0.112 e. The van der Waals surface area contributed by atoms with Crippen LogP contribution in [0.4, 0.5) is 5.82 Å². The number of hydrogen-bond donors (Lipinski definition) is 0. The van der Waals surface area contributed by atoms with E-state index in [1.807, 2.05) is 12.1 Å². The van der Waals surface area contributed by atoms with E-state index < -0.39 is 0 Å². The summed E-state index contributed by atoms with van der Waals surface area (Å²) in [6.45, 7) is 2.34. The van der Waals surface area contributed by atoms with Crippen LogP contribution in [0.5, 0.6) is 0 Å². The largest absolute Gasteiger partial charge is 0.358 e. The van der Waals surface area contributed by atoms with E-state index in [0.717, 1.165) is 11.1 Å². The van der Waals surface area contributed by atoms with Crippen LogP contribution in [0.25, 0.3) is 10.9 Å². The molecule has 0 N–H and O–H groups in total. The van der Waals surface area contributed by atoms with Gasteiger partial charge in [0, 0.05) is 31.1 Å². The molecule has 2 bridgehead atoms. The third-order valence-electron chi connectivity index (χ3n) is 4.54. The molecule has 3 aliphatic rings. The molecule has 18 heavy (non-hydrogen) atoms. The highest BCUT2D eigenvalue weighted by Gasteiger charge is 2.35. The molecule has 0 atom stereocenters. The molecular weight excluding hydrogens is 222 g/mol. The average molecular weight is 237 g/mol. The summed E-state index contributed by atoms with van der Waals surface area (Å²) >= 11 is 0. The van der Waals surface area contributed by atoms with Crippen LogP contribution < -0.4 is 4.90 Å². The summed E-state index contributed by atoms with van der Waals surface area (Å²) in [5, 5.41) is 10.6. The number of nitrogens with zero attached hydrogens (tertiary/aromatic N) is 3. The van der Waals surface area contributed by atoms with Gasteiger partial charge in [0.25, 0.3) is 0 Å². The standard InChI is InChI=1S/C15H15N3/c1-17-14-11(9-16)3-2-4-12(14)13-10-5-7-18(8-6-10)15(13)17/h2-4,10H,5-8H2,1H3. The van der Waals surface area contributed by atoms with Crippen LogP contribution in [0.15, 0.2) is 18.2 Å². The molecule has 2 aromatic rings. The van der Waals surface area contributed by atoms with Crippen molar-refractivity contribution >= 4 is 16.7 Å². The first-order valence-electron chi connectivity index (χ1n) is 6.57. The lowest BCUT2D eigenvalue weighted by molar-refractivity contribution is 0.469. The van der Waals surface area contributed by atoms with Gasteiger partial charge in [-0.2, -0.15) is 5.26 Å². The van der Waals surface area contributed by atoms with Gasteiger partial charge in [0.1, 0.15) is 11.9 Å². The molecule has 0 amide bonds. The number of aromatic nitrogens is 1. The lowest BCUT2D eigenvalue weighted by Gasteiger charge is -2.41. The maximum absolute atomic E-state index is 9.29. The molecular formula is C15H15N3. The zero-order valence-electron chi connectivity index (χ0n) is 10.5. The van der Waals surface area contributed by atoms with Crippen LogP contribution in [-0.2, 0) is 7.05 Å². The first-order valence-corrected chi connectivity index (χ1v) is 6.57. The van der Waals surface area contributed by atoms with Crippen LogP contribution in [0, 0.1) is 11.3 Å². The molecule has 1 fully saturated rings. The van der Waals surface area contributed by atoms with Crippen molar-refractivity contribution in [2.45, 2.75) is 18.8 Å². The second kappa shape index (κ2) is 3.29. The molecule has 0 spiro atoms. The van der Waals surface area contributed by atoms with Crippen LogP contribution >= 0.6 is 0 Å². The SMILES string of the molecule is Cn1c2c(c3cccc(C#N)c31)C1CCN2CC1. The molecule has 1 saturated heterocycles. The maximum Gasteiger partial charge on any atom is 0.112 e. The number of aryl methyl sites for hydroxylation is 1. The molecule has 0 saturated carbocycles. The summed E-state index contributed by atoms with van der Waals surface area (Å²) in [5.74, 6) is 2.05. The minimum Gasteiger partial charge on any atom is -0.358 e. The molecule has 0 unspecified atom stereocenters. The molecule has 3 nitrogen and oxygen atoms in total. The Bertz CT molecular complexity index is 682. The van der Waals surface area contributed by atoms with Crippen molar-refractivity contribution in [1.29, 1.82) is 5.26 Å². The van der Waals surface area contributed by atoms with Crippen LogP contribution in [0.3, 0.4) is 0 Å². The highest BCUT2D eigenvalue weighted by molar-refractivity contribution is 5.95. The Balaban J connectivity index is 2.17. The summed E-state index contributed by atoms with van der Waals surface area (Å²) in [7, 11) is 2.10. The fourth-order valence-corrected chi connectivity index (χ4v) is 3.78. The van der Waals surface area contributed by atoms with E-state index in [2.05, 4.69) is 28.7 Å². The van der Waals surface area contributed by atoms with Gasteiger partial charge in [-0.25, -0.2) is 0 Å². The number of anilines is 1. The molecule has 0 radical (unpaired) electrons. The molecule has 4 heterocycles. The van der Waals surface area contributed by atoms with Crippen LogP contribution in [-0.4, -0.2) is 17.7 Å². The van der Waals surface area contributed by atoms with Gasteiger partial charge in [0.2, 0.25) is 0 Å². The van der Waals surface area contributed by atoms with Crippen molar-refractivity contribution in [3.8, 4) is 6.07 Å². The van der Waals surface area contributed by atoms with Gasteiger partial charge in [-0.05, 0) is 24.8 Å². The van der Waals surface area contributed by atoms with Gasteiger partial charge in [-0.3, -0.25) is 0 Å². The zero-order chi connectivity index (χ0) is 12.3. The van der Waals surface area contributed by atoms with E-state index in [-0.39, 0.29) is 0 Å². The Morgan fingerprint density at radius 1 is 1.28 bits per heavy atom. The Morgan fingerprint density at radius 2 is 2.06 bits per heavy atom. The maximum atomic E-state index is 9.29. The second-order valence-electron chi connectivity index (χ2n) is 5.37. The van der Waals surface area contributed by atoms with Crippen molar-refractivity contribution in [3.05, 3.63) is 29.3 Å². The normalized spacial score (nSPS) is 18.1. The minimum atomic E-state index is 0.697.